The Labute approximate surface area is 149 Å². The molecule has 0 amide bonds. The molecule has 2 rings (SSSR count). The zero-order valence-electron chi connectivity index (χ0n) is 13.5. The monoisotopic (exact) mass is 415 g/mol. The SMILES string of the molecule is CCNC(=NCCc1nc2ccccc2[nH]1)NC(C)CC.I. The number of rotatable bonds is 6. The van der Waals surface area contributed by atoms with Crippen LogP contribution in [0, 0.1) is 0 Å². The van der Waals surface area contributed by atoms with E-state index in [1.54, 1.807) is 0 Å². The molecular formula is C16H26IN5. The molecule has 1 aromatic heterocycles. The summed E-state index contributed by atoms with van der Waals surface area (Å²) in [7, 11) is 0. The first-order chi connectivity index (χ1) is 10.2. The fourth-order valence-corrected chi connectivity index (χ4v) is 2.05. The Morgan fingerprint density at radius 1 is 1.32 bits per heavy atom. The number of hydrogen-bond acceptors (Lipinski definition) is 2. The summed E-state index contributed by atoms with van der Waals surface area (Å²) in [5.41, 5.74) is 2.10. The van der Waals surface area contributed by atoms with Gasteiger partial charge in [0, 0.05) is 25.6 Å². The first-order valence-electron chi connectivity index (χ1n) is 7.71. The van der Waals surface area contributed by atoms with Gasteiger partial charge in [0.15, 0.2) is 5.96 Å². The van der Waals surface area contributed by atoms with Crippen molar-refractivity contribution >= 4 is 41.0 Å². The fourth-order valence-electron chi connectivity index (χ4n) is 2.05. The van der Waals surface area contributed by atoms with E-state index >= 15 is 0 Å². The van der Waals surface area contributed by atoms with E-state index in [9.17, 15) is 0 Å². The van der Waals surface area contributed by atoms with Crippen LogP contribution in [0.4, 0.5) is 0 Å². The highest BCUT2D eigenvalue weighted by Gasteiger charge is 2.04. The van der Waals surface area contributed by atoms with E-state index in [4.69, 9.17) is 0 Å². The highest BCUT2D eigenvalue weighted by molar-refractivity contribution is 14.0. The third-order valence-electron chi connectivity index (χ3n) is 3.40. The van der Waals surface area contributed by atoms with Gasteiger partial charge in [-0.15, -0.1) is 24.0 Å². The average molecular weight is 415 g/mol. The zero-order valence-corrected chi connectivity index (χ0v) is 15.8. The highest BCUT2D eigenvalue weighted by atomic mass is 127. The number of para-hydroxylation sites is 2. The van der Waals surface area contributed by atoms with Gasteiger partial charge in [-0.1, -0.05) is 19.1 Å². The van der Waals surface area contributed by atoms with Gasteiger partial charge in [0.1, 0.15) is 5.82 Å². The minimum Gasteiger partial charge on any atom is -0.357 e. The number of aromatic nitrogens is 2. The van der Waals surface area contributed by atoms with Crippen molar-refractivity contribution in [1.29, 1.82) is 0 Å². The molecule has 3 N–H and O–H groups in total. The molecule has 0 spiro atoms. The summed E-state index contributed by atoms with van der Waals surface area (Å²) in [6.45, 7) is 7.98. The summed E-state index contributed by atoms with van der Waals surface area (Å²) >= 11 is 0. The molecule has 0 aliphatic carbocycles. The van der Waals surface area contributed by atoms with Gasteiger partial charge in [-0.05, 0) is 32.4 Å². The lowest BCUT2D eigenvalue weighted by molar-refractivity contribution is 0.624. The van der Waals surface area contributed by atoms with Gasteiger partial charge >= 0.3 is 0 Å². The molecule has 0 saturated heterocycles. The molecule has 1 heterocycles. The van der Waals surface area contributed by atoms with Crippen LogP contribution in [-0.4, -0.2) is 35.1 Å². The van der Waals surface area contributed by atoms with Crippen molar-refractivity contribution < 1.29 is 0 Å². The van der Waals surface area contributed by atoms with Crippen molar-refractivity contribution in [3.05, 3.63) is 30.1 Å². The number of guanidine groups is 1. The molecule has 0 fully saturated rings. The van der Waals surface area contributed by atoms with Gasteiger partial charge < -0.3 is 15.6 Å². The van der Waals surface area contributed by atoms with Gasteiger partial charge in [-0.25, -0.2) is 4.98 Å². The molecule has 122 valence electrons. The number of H-pyrrole nitrogens is 1. The minimum absolute atomic E-state index is 0. The van der Waals surface area contributed by atoms with E-state index in [2.05, 4.69) is 46.4 Å². The molecule has 2 aromatic rings. The Kier molecular flexibility index (Phi) is 8.22. The van der Waals surface area contributed by atoms with Crippen LogP contribution in [-0.2, 0) is 6.42 Å². The summed E-state index contributed by atoms with van der Waals surface area (Å²) in [4.78, 5) is 12.5. The van der Waals surface area contributed by atoms with E-state index in [1.807, 2.05) is 24.3 Å². The molecule has 1 unspecified atom stereocenters. The van der Waals surface area contributed by atoms with Crippen LogP contribution in [0.1, 0.15) is 33.0 Å². The van der Waals surface area contributed by atoms with Crippen molar-refractivity contribution in [1.82, 2.24) is 20.6 Å². The predicted molar refractivity (Wildman–Crippen MR) is 104 cm³/mol. The van der Waals surface area contributed by atoms with Crippen molar-refractivity contribution in [2.45, 2.75) is 39.7 Å². The normalized spacial score (nSPS) is 12.8. The molecule has 1 aromatic carbocycles. The van der Waals surface area contributed by atoms with Crippen LogP contribution in [0.2, 0.25) is 0 Å². The van der Waals surface area contributed by atoms with E-state index in [0.717, 1.165) is 42.2 Å². The molecular weight excluding hydrogens is 389 g/mol. The summed E-state index contributed by atoms with van der Waals surface area (Å²) < 4.78 is 0. The van der Waals surface area contributed by atoms with Gasteiger partial charge in [0.25, 0.3) is 0 Å². The molecule has 0 aliphatic heterocycles. The average Bonchev–Trinajstić information content (AvgIpc) is 2.89. The molecule has 1 atom stereocenters. The molecule has 22 heavy (non-hydrogen) atoms. The van der Waals surface area contributed by atoms with Crippen LogP contribution >= 0.6 is 24.0 Å². The first-order valence-corrected chi connectivity index (χ1v) is 7.71. The number of nitrogens with one attached hydrogen (secondary N) is 3. The van der Waals surface area contributed by atoms with Crippen LogP contribution in [0.5, 0.6) is 0 Å². The number of imidazole rings is 1. The molecule has 0 bridgehead atoms. The van der Waals surface area contributed by atoms with Gasteiger partial charge in [0.2, 0.25) is 0 Å². The van der Waals surface area contributed by atoms with Gasteiger partial charge in [-0.3, -0.25) is 4.99 Å². The molecule has 0 saturated carbocycles. The van der Waals surface area contributed by atoms with Gasteiger partial charge in [-0.2, -0.15) is 0 Å². The van der Waals surface area contributed by atoms with Crippen molar-refractivity contribution in [2.24, 2.45) is 4.99 Å². The number of nitrogens with zero attached hydrogens (tertiary/aromatic N) is 2. The first kappa shape index (κ1) is 18.7. The molecule has 5 nitrogen and oxygen atoms in total. The largest absolute Gasteiger partial charge is 0.357 e. The van der Waals surface area contributed by atoms with E-state index in [-0.39, 0.29) is 24.0 Å². The lowest BCUT2D eigenvalue weighted by Gasteiger charge is -2.15. The lowest BCUT2D eigenvalue weighted by atomic mass is 10.3. The molecule has 0 radical (unpaired) electrons. The van der Waals surface area contributed by atoms with Crippen molar-refractivity contribution in [3.8, 4) is 0 Å². The maximum Gasteiger partial charge on any atom is 0.191 e. The van der Waals surface area contributed by atoms with Crippen LogP contribution in [0.15, 0.2) is 29.3 Å². The van der Waals surface area contributed by atoms with Gasteiger partial charge in [0.05, 0.1) is 11.0 Å². The van der Waals surface area contributed by atoms with Crippen LogP contribution in [0.25, 0.3) is 11.0 Å². The maximum absolute atomic E-state index is 4.60. The van der Waals surface area contributed by atoms with Crippen LogP contribution < -0.4 is 10.6 Å². The Morgan fingerprint density at radius 3 is 2.77 bits per heavy atom. The topological polar surface area (TPSA) is 65.1 Å². The fraction of sp³-hybridized carbons (Fsp3) is 0.500. The predicted octanol–water partition coefficient (Wildman–Crippen LogP) is 3.08. The molecule has 0 aliphatic rings. The number of aliphatic imine (C=N–C) groups is 1. The second-order valence-electron chi connectivity index (χ2n) is 5.16. The summed E-state index contributed by atoms with van der Waals surface area (Å²) in [6, 6.07) is 8.51. The number of aromatic amines is 1. The minimum atomic E-state index is 0. The third kappa shape index (κ3) is 5.47. The Bertz CT molecular complexity index is 560. The third-order valence-corrected chi connectivity index (χ3v) is 3.40. The highest BCUT2D eigenvalue weighted by Crippen LogP contribution is 2.10. The summed E-state index contributed by atoms with van der Waals surface area (Å²) in [5, 5.41) is 6.66. The van der Waals surface area contributed by atoms with Crippen LogP contribution in [0.3, 0.4) is 0 Å². The Balaban J connectivity index is 0.00000242. The van der Waals surface area contributed by atoms with Crippen molar-refractivity contribution in [2.75, 3.05) is 13.1 Å². The standard InChI is InChI=1S/C16H25N5.HI/c1-4-12(3)19-16(17-5-2)18-11-10-15-20-13-8-6-7-9-14(13)21-15;/h6-9,12H,4-5,10-11H2,1-3H3,(H,20,21)(H2,17,18,19);1H. The second-order valence-corrected chi connectivity index (χ2v) is 5.16. The number of benzene rings is 1. The Hall–Kier alpha value is -1.31. The van der Waals surface area contributed by atoms with E-state index in [1.165, 1.54) is 0 Å². The number of halogens is 1. The van der Waals surface area contributed by atoms with E-state index in [0.29, 0.717) is 12.6 Å². The van der Waals surface area contributed by atoms with E-state index < -0.39 is 0 Å². The zero-order chi connectivity index (χ0) is 15.1. The second kappa shape index (κ2) is 9.66. The summed E-state index contributed by atoms with van der Waals surface area (Å²) in [6.07, 6.45) is 1.89. The number of hydrogen-bond donors (Lipinski definition) is 3. The quantitative estimate of drug-likeness (QED) is 0.386. The lowest BCUT2D eigenvalue weighted by Crippen LogP contribution is -2.42. The smallest absolute Gasteiger partial charge is 0.191 e. The van der Waals surface area contributed by atoms with Crippen molar-refractivity contribution in [3.63, 3.8) is 0 Å². The maximum atomic E-state index is 4.60. The number of fused-ring (bicyclic) bond motifs is 1. The Morgan fingerprint density at radius 2 is 2.09 bits per heavy atom. The summed E-state index contributed by atoms with van der Waals surface area (Å²) in [5.74, 6) is 1.86. The molecule has 6 heteroatoms.